The zero-order valence-electron chi connectivity index (χ0n) is 12.8. The topological polar surface area (TPSA) is 90.8 Å². The van der Waals surface area contributed by atoms with Crippen LogP contribution in [-0.4, -0.2) is 25.6 Å². The predicted octanol–water partition coefficient (Wildman–Crippen LogP) is 2.94. The van der Waals surface area contributed by atoms with Gasteiger partial charge in [0.25, 0.3) is 0 Å². The van der Waals surface area contributed by atoms with E-state index in [1.54, 1.807) is 24.6 Å². The molecule has 2 rings (SSSR count). The Morgan fingerprint density at radius 1 is 0.750 bits per heavy atom. The van der Waals surface area contributed by atoms with Crippen LogP contribution in [0.1, 0.15) is 11.1 Å². The third kappa shape index (κ3) is 4.97. The molecule has 0 unspecified atom stereocenters. The van der Waals surface area contributed by atoms with Crippen molar-refractivity contribution in [3.8, 4) is 23.6 Å². The molecule has 0 spiro atoms. The van der Waals surface area contributed by atoms with E-state index in [2.05, 4.69) is 10.2 Å². The van der Waals surface area contributed by atoms with Crippen LogP contribution in [0.15, 0.2) is 58.7 Å². The molecule has 0 fully saturated rings. The third-order valence-electron chi connectivity index (χ3n) is 2.88. The van der Waals surface area contributed by atoms with Gasteiger partial charge in [-0.05, 0) is 24.3 Å². The molecule has 0 radical (unpaired) electrons. The highest BCUT2D eigenvalue weighted by molar-refractivity contribution is 5.86. The minimum Gasteiger partial charge on any atom is -0.478 e. The standard InChI is InChI=1S/C18H14N4O2/c19-9-11-23-17-7-3-1-5-15(17)13-21-22-14-16-6-2-4-8-18(16)24-12-10-20/h1-8,13-14H,11-12H2/b21-13+,22-14+. The van der Waals surface area contributed by atoms with Crippen molar-refractivity contribution in [3.05, 3.63) is 59.7 Å². The Morgan fingerprint density at radius 3 is 1.58 bits per heavy atom. The largest absolute Gasteiger partial charge is 0.478 e. The molecule has 0 saturated carbocycles. The molecular formula is C18H14N4O2. The lowest BCUT2D eigenvalue weighted by Crippen LogP contribution is -1.97. The van der Waals surface area contributed by atoms with Gasteiger partial charge in [-0.25, -0.2) is 0 Å². The Morgan fingerprint density at radius 2 is 1.17 bits per heavy atom. The minimum absolute atomic E-state index is 0.0300. The maximum Gasteiger partial charge on any atom is 0.174 e. The summed E-state index contributed by atoms with van der Waals surface area (Å²) >= 11 is 0. The van der Waals surface area contributed by atoms with E-state index >= 15 is 0 Å². The summed E-state index contributed by atoms with van der Waals surface area (Å²) in [4.78, 5) is 0. The normalized spacial score (nSPS) is 10.4. The van der Waals surface area contributed by atoms with Crippen LogP contribution in [0.4, 0.5) is 0 Å². The van der Waals surface area contributed by atoms with Gasteiger partial charge in [-0.15, -0.1) is 0 Å². The molecule has 0 aliphatic carbocycles. The summed E-state index contributed by atoms with van der Waals surface area (Å²) < 4.78 is 10.6. The summed E-state index contributed by atoms with van der Waals surface area (Å²) in [5.74, 6) is 1.13. The second-order valence-corrected chi connectivity index (χ2v) is 4.46. The van der Waals surface area contributed by atoms with Crippen LogP contribution < -0.4 is 9.47 Å². The van der Waals surface area contributed by atoms with E-state index in [0.717, 1.165) is 11.1 Å². The van der Waals surface area contributed by atoms with Crippen LogP contribution in [0.5, 0.6) is 11.5 Å². The first-order chi connectivity index (χ1) is 11.8. The monoisotopic (exact) mass is 318 g/mol. The smallest absolute Gasteiger partial charge is 0.174 e. The number of hydrogen-bond donors (Lipinski definition) is 0. The molecule has 2 aromatic rings. The van der Waals surface area contributed by atoms with Gasteiger partial charge < -0.3 is 9.47 Å². The van der Waals surface area contributed by atoms with Crippen LogP contribution in [-0.2, 0) is 0 Å². The van der Waals surface area contributed by atoms with Gasteiger partial charge in [0, 0.05) is 11.1 Å². The number of para-hydroxylation sites is 2. The molecule has 2 aromatic carbocycles. The highest BCUT2D eigenvalue weighted by atomic mass is 16.5. The highest BCUT2D eigenvalue weighted by Gasteiger charge is 2.00. The van der Waals surface area contributed by atoms with Crippen LogP contribution in [0.25, 0.3) is 0 Å². The van der Waals surface area contributed by atoms with Crippen LogP contribution in [0, 0.1) is 22.7 Å². The molecular weight excluding hydrogens is 304 g/mol. The van der Waals surface area contributed by atoms with Crippen molar-refractivity contribution in [1.82, 2.24) is 0 Å². The van der Waals surface area contributed by atoms with Crippen LogP contribution >= 0.6 is 0 Å². The quantitative estimate of drug-likeness (QED) is 0.579. The fourth-order valence-electron chi connectivity index (χ4n) is 1.85. The Hall–Kier alpha value is -3.64. The summed E-state index contributed by atoms with van der Waals surface area (Å²) in [5, 5.41) is 25.1. The van der Waals surface area contributed by atoms with Crippen molar-refractivity contribution in [2.45, 2.75) is 0 Å². The van der Waals surface area contributed by atoms with Crippen molar-refractivity contribution >= 4 is 12.4 Å². The zero-order valence-corrected chi connectivity index (χ0v) is 12.8. The maximum atomic E-state index is 8.58. The summed E-state index contributed by atoms with van der Waals surface area (Å²) in [7, 11) is 0. The van der Waals surface area contributed by atoms with E-state index in [4.69, 9.17) is 20.0 Å². The fraction of sp³-hybridized carbons (Fsp3) is 0.111. The van der Waals surface area contributed by atoms with E-state index in [1.807, 2.05) is 48.5 Å². The molecule has 0 heterocycles. The van der Waals surface area contributed by atoms with E-state index in [9.17, 15) is 0 Å². The first kappa shape index (κ1) is 16.7. The lowest BCUT2D eigenvalue weighted by atomic mass is 10.2. The highest BCUT2D eigenvalue weighted by Crippen LogP contribution is 2.17. The number of hydrogen-bond acceptors (Lipinski definition) is 6. The number of rotatable bonds is 7. The molecule has 0 bridgehead atoms. The summed E-state index contributed by atoms with van der Waals surface area (Å²) in [6.07, 6.45) is 3.09. The molecule has 0 aromatic heterocycles. The van der Waals surface area contributed by atoms with Gasteiger partial charge in [-0.3, -0.25) is 0 Å². The Bertz CT molecular complexity index is 747. The first-order valence-electron chi connectivity index (χ1n) is 7.09. The van der Waals surface area contributed by atoms with Gasteiger partial charge in [0.1, 0.15) is 23.6 Å². The van der Waals surface area contributed by atoms with E-state index < -0.39 is 0 Å². The summed E-state index contributed by atoms with van der Waals surface area (Å²) in [6, 6.07) is 18.3. The molecule has 0 atom stereocenters. The summed E-state index contributed by atoms with van der Waals surface area (Å²) in [6.45, 7) is -0.0601. The second-order valence-electron chi connectivity index (χ2n) is 4.46. The number of nitriles is 2. The average Bonchev–Trinajstić information content (AvgIpc) is 2.63. The van der Waals surface area contributed by atoms with Crippen molar-refractivity contribution in [3.63, 3.8) is 0 Å². The first-order valence-corrected chi connectivity index (χ1v) is 7.09. The van der Waals surface area contributed by atoms with Crippen molar-refractivity contribution < 1.29 is 9.47 Å². The van der Waals surface area contributed by atoms with Gasteiger partial charge >= 0.3 is 0 Å². The number of ether oxygens (including phenoxy) is 2. The second kappa shape index (κ2) is 9.39. The molecule has 0 aliphatic heterocycles. The Kier molecular flexibility index (Phi) is 6.55. The minimum atomic E-state index is -0.0300. The van der Waals surface area contributed by atoms with Crippen LogP contribution in [0.3, 0.4) is 0 Å². The fourth-order valence-corrected chi connectivity index (χ4v) is 1.85. The van der Waals surface area contributed by atoms with Gasteiger partial charge in [0.05, 0.1) is 12.4 Å². The Labute approximate surface area is 139 Å². The van der Waals surface area contributed by atoms with Gasteiger partial charge in [-0.1, -0.05) is 24.3 Å². The average molecular weight is 318 g/mol. The maximum absolute atomic E-state index is 8.58. The van der Waals surface area contributed by atoms with Gasteiger partial charge in [-0.2, -0.15) is 20.7 Å². The molecule has 6 nitrogen and oxygen atoms in total. The van der Waals surface area contributed by atoms with Gasteiger partial charge in [0.15, 0.2) is 13.2 Å². The molecule has 6 heteroatoms. The molecule has 0 aliphatic rings. The summed E-state index contributed by atoms with van der Waals surface area (Å²) in [5.41, 5.74) is 1.44. The lowest BCUT2D eigenvalue weighted by Gasteiger charge is -2.04. The van der Waals surface area contributed by atoms with Crippen molar-refractivity contribution in [2.75, 3.05) is 13.2 Å². The van der Waals surface area contributed by atoms with Crippen molar-refractivity contribution in [2.24, 2.45) is 10.2 Å². The molecule has 0 N–H and O–H groups in total. The predicted molar refractivity (Wildman–Crippen MR) is 90.3 cm³/mol. The molecule has 0 saturated heterocycles. The third-order valence-corrected chi connectivity index (χ3v) is 2.88. The SMILES string of the molecule is N#CCOc1ccccc1/C=N/N=C/c1ccccc1OCC#N. The molecule has 24 heavy (non-hydrogen) atoms. The lowest BCUT2D eigenvalue weighted by molar-refractivity contribution is 0.367. The van der Waals surface area contributed by atoms with E-state index in [-0.39, 0.29) is 13.2 Å². The van der Waals surface area contributed by atoms with E-state index in [1.165, 1.54) is 0 Å². The molecule has 118 valence electrons. The number of nitrogens with zero attached hydrogens (tertiary/aromatic N) is 4. The Balaban J connectivity index is 2.09. The van der Waals surface area contributed by atoms with E-state index in [0.29, 0.717) is 11.5 Å². The van der Waals surface area contributed by atoms with Gasteiger partial charge in [0.2, 0.25) is 0 Å². The molecule has 0 amide bonds. The number of benzene rings is 2. The zero-order chi connectivity index (χ0) is 17.0. The van der Waals surface area contributed by atoms with Crippen LogP contribution in [0.2, 0.25) is 0 Å². The van der Waals surface area contributed by atoms with Crippen molar-refractivity contribution in [1.29, 1.82) is 10.5 Å².